The van der Waals surface area contributed by atoms with Crippen molar-refractivity contribution in [2.75, 3.05) is 0 Å². The van der Waals surface area contributed by atoms with Gasteiger partial charge in [0.05, 0.1) is 27.0 Å². The fraction of sp³-hybridized carbons (Fsp3) is 0.533. The van der Waals surface area contributed by atoms with E-state index in [-0.39, 0.29) is 5.41 Å². The number of imidazole rings is 1. The highest BCUT2D eigenvalue weighted by Crippen LogP contribution is 2.32. The van der Waals surface area contributed by atoms with Crippen LogP contribution in [0.5, 0.6) is 0 Å². The molecule has 0 bridgehead atoms. The third kappa shape index (κ3) is 3.08. The maximum absolute atomic E-state index is 6.13. The second kappa shape index (κ2) is 5.75. The summed E-state index contributed by atoms with van der Waals surface area (Å²) in [6, 6.07) is 3.67. The molecular weight excluding hydrogens is 315 g/mol. The van der Waals surface area contributed by atoms with E-state index in [9.17, 15) is 0 Å². The van der Waals surface area contributed by atoms with Gasteiger partial charge < -0.3 is 4.57 Å². The molecule has 2 rings (SSSR count). The van der Waals surface area contributed by atoms with Crippen molar-refractivity contribution in [3.8, 4) is 0 Å². The number of hydrogen-bond donors (Lipinski definition) is 0. The summed E-state index contributed by atoms with van der Waals surface area (Å²) in [5.74, 6) is 1.72. The van der Waals surface area contributed by atoms with E-state index in [2.05, 4.69) is 37.2 Å². The van der Waals surface area contributed by atoms with Gasteiger partial charge in [0.2, 0.25) is 0 Å². The Labute approximate surface area is 135 Å². The predicted octanol–water partition coefficient (Wildman–Crippen LogP) is 5.76. The van der Waals surface area contributed by atoms with E-state index in [4.69, 9.17) is 34.8 Å². The smallest absolute Gasteiger partial charge is 0.124 e. The fourth-order valence-electron chi connectivity index (χ4n) is 2.02. The van der Waals surface area contributed by atoms with E-state index < -0.39 is 0 Å². The summed E-state index contributed by atoms with van der Waals surface area (Å²) in [5.41, 5.74) is 2.05. The highest BCUT2D eigenvalue weighted by Gasteiger charge is 2.22. The molecule has 0 spiro atoms. The fourth-order valence-corrected chi connectivity index (χ4v) is 2.54. The van der Waals surface area contributed by atoms with Crippen LogP contribution in [0.3, 0.4) is 0 Å². The number of aromatic nitrogens is 2. The van der Waals surface area contributed by atoms with E-state index in [0.29, 0.717) is 21.8 Å². The van der Waals surface area contributed by atoms with Crippen LogP contribution >= 0.6 is 34.8 Å². The van der Waals surface area contributed by atoms with E-state index in [0.717, 1.165) is 23.4 Å². The summed E-state index contributed by atoms with van der Waals surface area (Å²) in [7, 11) is 0. The van der Waals surface area contributed by atoms with Gasteiger partial charge in [0.15, 0.2) is 0 Å². The predicted molar refractivity (Wildman–Crippen MR) is 87.9 cm³/mol. The topological polar surface area (TPSA) is 17.8 Å². The first-order valence-corrected chi connectivity index (χ1v) is 7.93. The molecule has 0 aliphatic carbocycles. The molecule has 110 valence electrons. The van der Waals surface area contributed by atoms with Gasteiger partial charge in [-0.3, -0.25) is 0 Å². The van der Waals surface area contributed by atoms with Crippen LogP contribution in [0.2, 0.25) is 10.0 Å². The highest BCUT2D eigenvalue weighted by molar-refractivity contribution is 6.42. The van der Waals surface area contributed by atoms with Gasteiger partial charge in [-0.1, -0.05) is 50.9 Å². The molecule has 0 N–H and O–H groups in total. The van der Waals surface area contributed by atoms with Crippen molar-refractivity contribution < 1.29 is 0 Å². The first kappa shape index (κ1) is 15.9. The minimum Gasteiger partial charge on any atom is -0.327 e. The van der Waals surface area contributed by atoms with Crippen molar-refractivity contribution in [2.24, 2.45) is 11.3 Å². The van der Waals surface area contributed by atoms with Crippen molar-refractivity contribution in [3.63, 3.8) is 0 Å². The lowest BCUT2D eigenvalue weighted by Gasteiger charge is -2.28. The number of benzene rings is 1. The second-order valence-electron chi connectivity index (χ2n) is 6.29. The molecule has 1 aromatic heterocycles. The molecule has 2 nitrogen and oxygen atoms in total. The zero-order valence-electron chi connectivity index (χ0n) is 12.2. The molecule has 1 aromatic carbocycles. The van der Waals surface area contributed by atoms with Crippen LogP contribution in [0.4, 0.5) is 0 Å². The second-order valence-corrected chi connectivity index (χ2v) is 7.38. The third-order valence-electron chi connectivity index (χ3n) is 3.92. The van der Waals surface area contributed by atoms with Crippen molar-refractivity contribution >= 4 is 45.8 Å². The number of fused-ring (bicyclic) bond motifs is 1. The Kier molecular flexibility index (Phi) is 4.58. The van der Waals surface area contributed by atoms with Crippen LogP contribution in [0.25, 0.3) is 11.0 Å². The van der Waals surface area contributed by atoms with E-state index in [1.165, 1.54) is 0 Å². The van der Waals surface area contributed by atoms with Gasteiger partial charge in [-0.05, 0) is 23.5 Å². The molecule has 1 heterocycles. The summed E-state index contributed by atoms with van der Waals surface area (Å²) in [4.78, 5) is 4.56. The number of alkyl halides is 1. The van der Waals surface area contributed by atoms with Gasteiger partial charge in [-0.2, -0.15) is 0 Å². The average molecular weight is 334 g/mol. The molecule has 0 radical (unpaired) electrons. The van der Waals surface area contributed by atoms with Gasteiger partial charge >= 0.3 is 0 Å². The van der Waals surface area contributed by atoms with Gasteiger partial charge in [0.1, 0.15) is 5.82 Å². The molecule has 1 unspecified atom stereocenters. The normalized spacial score (nSPS) is 13.9. The zero-order valence-corrected chi connectivity index (χ0v) is 14.4. The minimum absolute atomic E-state index is 0.219. The number of halogens is 3. The average Bonchev–Trinajstić information content (AvgIpc) is 2.66. The molecule has 0 amide bonds. The SMILES string of the molecule is CC(Cn1c(CCl)nc2cc(Cl)c(Cl)cc21)C(C)(C)C. The molecule has 0 aliphatic rings. The first-order valence-electron chi connectivity index (χ1n) is 6.64. The van der Waals surface area contributed by atoms with Crippen LogP contribution in [-0.4, -0.2) is 9.55 Å². The van der Waals surface area contributed by atoms with Crippen LogP contribution in [-0.2, 0) is 12.4 Å². The molecular formula is C15H19Cl3N2. The Balaban J connectivity index is 2.53. The lowest BCUT2D eigenvalue weighted by molar-refractivity contribution is 0.233. The molecule has 5 heteroatoms. The summed E-state index contributed by atoms with van der Waals surface area (Å²) in [6.45, 7) is 9.81. The zero-order chi connectivity index (χ0) is 15.1. The standard InChI is InChI=1S/C15H19Cl3N2/c1-9(15(2,3)4)8-20-13-6-11(18)10(17)5-12(13)19-14(20)7-16/h5-6,9H,7-8H2,1-4H3. The Hall–Kier alpha value is -0.440. The van der Waals surface area contributed by atoms with E-state index in [1.54, 1.807) is 6.07 Å². The lowest BCUT2D eigenvalue weighted by Crippen LogP contribution is -2.23. The summed E-state index contributed by atoms with van der Waals surface area (Å²) < 4.78 is 2.15. The Morgan fingerprint density at radius 2 is 1.80 bits per heavy atom. The Bertz CT molecular complexity index is 626. The quantitative estimate of drug-likeness (QED) is 0.652. The number of rotatable bonds is 3. The summed E-state index contributed by atoms with van der Waals surface area (Å²) >= 11 is 18.2. The van der Waals surface area contributed by atoms with Crippen LogP contribution in [0, 0.1) is 11.3 Å². The minimum atomic E-state index is 0.219. The number of hydrogen-bond acceptors (Lipinski definition) is 1. The van der Waals surface area contributed by atoms with Gasteiger partial charge in [0, 0.05) is 6.54 Å². The molecule has 0 aliphatic heterocycles. The van der Waals surface area contributed by atoms with E-state index >= 15 is 0 Å². The summed E-state index contributed by atoms with van der Waals surface area (Å²) in [6.07, 6.45) is 0. The molecule has 0 fully saturated rings. The van der Waals surface area contributed by atoms with Crippen molar-refractivity contribution in [1.82, 2.24) is 9.55 Å². The molecule has 0 saturated heterocycles. The first-order chi connectivity index (χ1) is 9.24. The maximum atomic E-state index is 6.13. The van der Waals surface area contributed by atoms with Crippen molar-refractivity contribution in [1.29, 1.82) is 0 Å². The highest BCUT2D eigenvalue weighted by atomic mass is 35.5. The summed E-state index contributed by atoms with van der Waals surface area (Å²) in [5, 5.41) is 1.07. The largest absolute Gasteiger partial charge is 0.327 e. The molecule has 20 heavy (non-hydrogen) atoms. The van der Waals surface area contributed by atoms with Crippen molar-refractivity contribution in [3.05, 3.63) is 28.0 Å². The van der Waals surface area contributed by atoms with Gasteiger partial charge in [-0.25, -0.2) is 4.98 Å². The Morgan fingerprint density at radius 1 is 1.20 bits per heavy atom. The Morgan fingerprint density at radius 3 is 2.35 bits per heavy atom. The number of nitrogens with zero attached hydrogens (tertiary/aromatic N) is 2. The van der Waals surface area contributed by atoms with Crippen LogP contribution in [0.15, 0.2) is 12.1 Å². The van der Waals surface area contributed by atoms with Gasteiger partial charge in [-0.15, -0.1) is 11.6 Å². The van der Waals surface area contributed by atoms with Gasteiger partial charge in [0.25, 0.3) is 0 Å². The van der Waals surface area contributed by atoms with E-state index in [1.807, 2.05) is 6.07 Å². The lowest BCUT2D eigenvalue weighted by atomic mass is 9.82. The van der Waals surface area contributed by atoms with Crippen molar-refractivity contribution in [2.45, 2.75) is 40.1 Å². The molecule has 1 atom stereocenters. The maximum Gasteiger partial charge on any atom is 0.124 e. The van der Waals surface area contributed by atoms with Crippen LogP contribution < -0.4 is 0 Å². The monoisotopic (exact) mass is 332 g/mol. The van der Waals surface area contributed by atoms with Crippen LogP contribution in [0.1, 0.15) is 33.5 Å². The molecule has 0 saturated carbocycles. The third-order valence-corrected chi connectivity index (χ3v) is 4.88. The molecule has 2 aromatic rings.